The van der Waals surface area contributed by atoms with Crippen LogP contribution in [0.3, 0.4) is 0 Å². The largest absolute Gasteiger partial charge is 0.477 e. The summed E-state index contributed by atoms with van der Waals surface area (Å²) in [5.74, 6) is -1.71. The summed E-state index contributed by atoms with van der Waals surface area (Å²) >= 11 is 0. The van der Waals surface area contributed by atoms with Gasteiger partial charge in [0.05, 0.1) is 34.6 Å². The van der Waals surface area contributed by atoms with E-state index in [4.69, 9.17) is 4.74 Å². The van der Waals surface area contributed by atoms with E-state index >= 15 is 0 Å². The van der Waals surface area contributed by atoms with E-state index in [1.165, 1.54) is 12.1 Å². The van der Waals surface area contributed by atoms with Crippen molar-refractivity contribution in [2.75, 3.05) is 25.2 Å². The first kappa shape index (κ1) is 19.6. The molecular formula is C15H18N2O8S. The SMILES string of the molecule is COC(=O)c1ccc(OCC(=O)N[C@@]2(C)CCS(=O)(=O)C2)c([N+](=O)[O-])c1. The van der Waals surface area contributed by atoms with Gasteiger partial charge in [-0.3, -0.25) is 14.9 Å². The summed E-state index contributed by atoms with van der Waals surface area (Å²) < 4.78 is 32.8. The molecule has 1 saturated heterocycles. The quantitative estimate of drug-likeness (QED) is 0.422. The highest BCUT2D eigenvalue weighted by atomic mass is 32.2. The normalized spacial score (nSPS) is 21.0. The summed E-state index contributed by atoms with van der Waals surface area (Å²) in [6.45, 7) is 1.08. The number of carbonyl (C=O) groups excluding carboxylic acids is 2. The van der Waals surface area contributed by atoms with Gasteiger partial charge in [-0.2, -0.15) is 0 Å². The third kappa shape index (κ3) is 4.69. The van der Waals surface area contributed by atoms with Crippen LogP contribution in [-0.2, 0) is 19.4 Å². The zero-order valence-electron chi connectivity index (χ0n) is 14.2. The third-order valence-electron chi connectivity index (χ3n) is 3.88. The van der Waals surface area contributed by atoms with Crippen molar-refractivity contribution >= 4 is 27.4 Å². The van der Waals surface area contributed by atoms with E-state index in [-0.39, 0.29) is 29.2 Å². The molecule has 1 aromatic carbocycles. The lowest BCUT2D eigenvalue weighted by Crippen LogP contribution is -2.48. The Bertz CT molecular complexity index is 851. The summed E-state index contributed by atoms with van der Waals surface area (Å²) in [6, 6.07) is 3.46. The number of hydrogen-bond donors (Lipinski definition) is 1. The van der Waals surface area contributed by atoms with E-state index in [1.807, 2.05) is 0 Å². The van der Waals surface area contributed by atoms with Gasteiger partial charge >= 0.3 is 11.7 Å². The molecule has 0 unspecified atom stereocenters. The number of nitro groups is 1. The second kappa shape index (κ2) is 7.28. The lowest BCUT2D eigenvalue weighted by atomic mass is 10.0. The summed E-state index contributed by atoms with van der Waals surface area (Å²) in [5, 5.41) is 13.7. The number of hydrogen-bond acceptors (Lipinski definition) is 8. The van der Waals surface area contributed by atoms with Crippen LogP contribution in [-0.4, -0.2) is 56.0 Å². The van der Waals surface area contributed by atoms with Crippen LogP contribution in [0, 0.1) is 10.1 Å². The summed E-state index contributed by atoms with van der Waals surface area (Å²) in [6.07, 6.45) is 0.287. The second-order valence-corrected chi connectivity index (χ2v) is 8.35. The molecule has 0 spiro atoms. The molecule has 1 amide bonds. The molecule has 2 rings (SSSR count). The van der Waals surface area contributed by atoms with Crippen LogP contribution >= 0.6 is 0 Å². The zero-order chi connectivity index (χ0) is 19.5. The Morgan fingerprint density at radius 3 is 2.62 bits per heavy atom. The molecule has 1 heterocycles. The fourth-order valence-corrected chi connectivity index (χ4v) is 4.75. The van der Waals surface area contributed by atoms with Crippen molar-refractivity contribution in [3.63, 3.8) is 0 Å². The average Bonchev–Trinajstić information content (AvgIpc) is 2.84. The number of nitro benzene ring substituents is 1. The number of nitrogens with one attached hydrogen (secondary N) is 1. The Morgan fingerprint density at radius 1 is 1.38 bits per heavy atom. The predicted octanol–water partition coefficient (Wildman–Crippen LogP) is 0.454. The molecule has 11 heteroatoms. The first-order valence-corrected chi connectivity index (χ1v) is 9.38. The van der Waals surface area contributed by atoms with E-state index in [0.29, 0.717) is 0 Å². The molecule has 1 aromatic rings. The molecule has 1 aliphatic heterocycles. The maximum atomic E-state index is 12.0. The Hall–Kier alpha value is -2.69. The molecule has 26 heavy (non-hydrogen) atoms. The molecule has 1 atom stereocenters. The van der Waals surface area contributed by atoms with Crippen molar-refractivity contribution < 1.29 is 32.4 Å². The minimum Gasteiger partial charge on any atom is -0.477 e. The molecule has 1 aliphatic rings. The van der Waals surface area contributed by atoms with Crippen molar-refractivity contribution in [1.82, 2.24) is 5.32 Å². The molecule has 142 valence electrons. The number of methoxy groups -OCH3 is 1. The molecule has 0 aliphatic carbocycles. The number of amides is 1. The van der Waals surface area contributed by atoms with Gasteiger partial charge in [-0.05, 0) is 25.5 Å². The first-order valence-electron chi connectivity index (χ1n) is 7.56. The molecule has 0 aromatic heterocycles. The van der Waals surface area contributed by atoms with E-state index in [0.717, 1.165) is 13.2 Å². The van der Waals surface area contributed by atoms with Gasteiger partial charge in [-0.1, -0.05) is 0 Å². The van der Waals surface area contributed by atoms with Gasteiger partial charge in [-0.15, -0.1) is 0 Å². The van der Waals surface area contributed by atoms with Crippen LogP contribution in [0.2, 0.25) is 0 Å². The highest BCUT2D eigenvalue weighted by molar-refractivity contribution is 7.91. The van der Waals surface area contributed by atoms with Crippen molar-refractivity contribution in [3.05, 3.63) is 33.9 Å². The van der Waals surface area contributed by atoms with E-state index in [9.17, 15) is 28.1 Å². The van der Waals surface area contributed by atoms with Crippen molar-refractivity contribution in [2.45, 2.75) is 18.9 Å². The number of sulfone groups is 1. The van der Waals surface area contributed by atoms with Gasteiger partial charge in [0.15, 0.2) is 22.2 Å². The van der Waals surface area contributed by atoms with Crippen LogP contribution < -0.4 is 10.1 Å². The van der Waals surface area contributed by atoms with Crippen molar-refractivity contribution in [2.24, 2.45) is 0 Å². The molecule has 0 radical (unpaired) electrons. The summed E-state index contributed by atoms with van der Waals surface area (Å²) in [7, 11) is -2.04. The Morgan fingerprint density at radius 2 is 2.08 bits per heavy atom. The van der Waals surface area contributed by atoms with Gasteiger partial charge in [0.25, 0.3) is 5.91 Å². The number of carbonyl (C=O) groups is 2. The van der Waals surface area contributed by atoms with E-state index < -0.39 is 44.5 Å². The van der Waals surface area contributed by atoms with Crippen LogP contribution in [0.25, 0.3) is 0 Å². The number of ether oxygens (including phenoxy) is 2. The minimum atomic E-state index is -3.19. The Labute approximate surface area is 149 Å². The molecule has 0 saturated carbocycles. The average molecular weight is 386 g/mol. The Balaban J connectivity index is 2.06. The smallest absolute Gasteiger partial charge is 0.338 e. The maximum Gasteiger partial charge on any atom is 0.338 e. The summed E-state index contributed by atoms with van der Waals surface area (Å²) in [4.78, 5) is 33.9. The number of nitrogens with zero attached hydrogens (tertiary/aromatic N) is 1. The molecular weight excluding hydrogens is 368 g/mol. The number of benzene rings is 1. The van der Waals surface area contributed by atoms with Crippen molar-refractivity contribution in [3.8, 4) is 5.75 Å². The molecule has 0 bridgehead atoms. The monoisotopic (exact) mass is 386 g/mol. The van der Waals surface area contributed by atoms with Gasteiger partial charge in [0, 0.05) is 6.07 Å². The lowest BCUT2D eigenvalue weighted by Gasteiger charge is -2.23. The van der Waals surface area contributed by atoms with Crippen LogP contribution in [0.5, 0.6) is 5.75 Å². The minimum absolute atomic E-state index is 0.00883. The number of esters is 1. The summed E-state index contributed by atoms with van der Waals surface area (Å²) in [5.41, 5.74) is -1.41. The second-order valence-electron chi connectivity index (χ2n) is 6.17. The topological polar surface area (TPSA) is 142 Å². The fourth-order valence-electron chi connectivity index (χ4n) is 2.65. The fraction of sp³-hybridized carbons (Fsp3) is 0.467. The third-order valence-corrected chi connectivity index (χ3v) is 5.78. The lowest BCUT2D eigenvalue weighted by molar-refractivity contribution is -0.385. The van der Waals surface area contributed by atoms with E-state index in [1.54, 1.807) is 6.92 Å². The Kier molecular flexibility index (Phi) is 5.50. The highest BCUT2D eigenvalue weighted by Crippen LogP contribution is 2.28. The zero-order valence-corrected chi connectivity index (χ0v) is 15.0. The highest BCUT2D eigenvalue weighted by Gasteiger charge is 2.39. The standard InChI is InChI=1S/C15H18N2O8S/c1-15(5-6-26(22,23)9-15)16-13(18)8-25-12-4-3-10(14(19)24-2)7-11(12)17(20)21/h3-4,7H,5-6,8-9H2,1-2H3,(H,16,18)/t15-/m0/s1. The van der Waals surface area contributed by atoms with E-state index in [2.05, 4.69) is 10.1 Å². The van der Waals surface area contributed by atoms with Crippen LogP contribution in [0.1, 0.15) is 23.7 Å². The van der Waals surface area contributed by atoms with Crippen LogP contribution in [0.15, 0.2) is 18.2 Å². The maximum absolute atomic E-state index is 12.0. The van der Waals surface area contributed by atoms with Gasteiger partial charge in [0.2, 0.25) is 0 Å². The molecule has 10 nitrogen and oxygen atoms in total. The first-order chi connectivity index (χ1) is 12.1. The molecule has 1 N–H and O–H groups in total. The van der Waals surface area contributed by atoms with Gasteiger partial charge < -0.3 is 14.8 Å². The van der Waals surface area contributed by atoms with Crippen molar-refractivity contribution in [1.29, 1.82) is 0 Å². The van der Waals surface area contributed by atoms with Gasteiger partial charge in [0.1, 0.15) is 0 Å². The van der Waals surface area contributed by atoms with Gasteiger partial charge in [-0.25, -0.2) is 13.2 Å². The van der Waals surface area contributed by atoms with Crippen LogP contribution in [0.4, 0.5) is 5.69 Å². The number of rotatable bonds is 6. The molecule has 1 fully saturated rings. The predicted molar refractivity (Wildman–Crippen MR) is 89.7 cm³/mol.